The van der Waals surface area contributed by atoms with Gasteiger partial charge in [0.15, 0.2) is 28.8 Å². The molecule has 8 heteroatoms. The molecule has 1 heterocycles. The number of hydrogen-bond donors (Lipinski definition) is 5. The van der Waals surface area contributed by atoms with Crippen molar-refractivity contribution in [3.63, 3.8) is 0 Å². The standard InChI is InChI=1S/C28H16O8/c29-17-5-11-1-3-13-24(14(11)7-19(17)31)21(33)9-23-26(13)28(27(35)36-23)10-22(34)25-15-8-20(32)18(30)6-12(15)2-4-16(25)28/h1-9,29-33H,10H2. The second-order valence-electron chi connectivity index (χ2n) is 9.26. The highest BCUT2D eigenvalue weighted by Crippen LogP contribution is 2.57. The number of fused-ring (bicyclic) bond motifs is 10. The summed E-state index contributed by atoms with van der Waals surface area (Å²) in [5.41, 5.74) is -0.391. The number of esters is 1. The number of carbonyl (C=O) groups excluding carboxylic acids is 2. The normalized spacial score (nSPS) is 18.3. The first kappa shape index (κ1) is 20.4. The highest BCUT2D eigenvalue weighted by molar-refractivity contribution is 6.21. The zero-order valence-electron chi connectivity index (χ0n) is 18.4. The van der Waals surface area contributed by atoms with Crippen molar-refractivity contribution in [2.45, 2.75) is 11.8 Å². The van der Waals surface area contributed by atoms with Gasteiger partial charge >= 0.3 is 5.97 Å². The van der Waals surface area contributed by atoms with Gasteiger partial charge in [-0.25, -0.2) is 0 Å². The van der Waals surface area contributed by atoms with Gasteiger partial charge in [-0.15, -0.1) is 0 Å². The van der Waals surface area contributed by atoms with Gasteiger partial charge in [-0.1, -0.05) is 24.3 Å². The average molecular weight is 480 g/mol. The molecule has 0 aromatic heterocycles. The zero-order chi connectivity index (χ0) is 25.1. The second-order valence-corrected chi connectivity index (χ2v) is 9.26. The van der Waals surface area contributed by atoms with E-state index in [-0.39, 0.29) is 52.3 Å². The van der Waals surface area contributed by atoms with Crippen molar-refractivity contribution >= 4 is 44.1 Å². The fourth-order valence-corrected chi connectivity index (χ4v) is 5.88. The number of rotatable bonds is 0. The van der Waals surface area contributed by atoms with Crippen LogP contribution < -0.4 is 4.74 Å². The molecule has 1 atom stereocenters. The molecule has 8 nitrogen and oxygen atoms in total. The zero-order valence-corrected chi connectivity index (χ0v) is 18.4. The van der Waals surface area contributed by atoms with E-state index < -0.39 is 11.4 Å². The van der Waals surface area contributed by atoms with Crippen molar-refractivity contribution in [3.8, 4) is 34.5 Å². The van der Waals surface area contributed by atoms with Gasteiger partial charge in [0, 0.05) is 29.0 Å². The van der Waals surface area contributed by atoms with Gasteiger partial charge in [-0.2, -0.15) is 0 Å². The summed E-state index contributed by atoms with van der Waals surface area (Å²) in [5, 5.41) is 53.7. The number of ketones is 1. The van der Waals surface area contributed by atoms with Crippen LogP contribution in [-0.4, -0.2) is 37.3 Å². The van der Waals surface area contributed by atoms with E-state index in [0.29, 0.717) is 43.4 Å². The van der Waals surface area contributed by atoms with E-state index in [4.69, 9.17) is 4.74 Å². The molecule has 0 saturated carbocycles. The van der Waals surface area contributed by atoms with E-state index in [1.165, 1.54) is 30.3 Å². The van der Waals surface area contributed by atoms with E-state index in [0.717, 1.165) is 0 Å². The maximum Gasteiger partial charge on any atom is 0.327 e. The Morgan fingerprint density at radius 1 is 0.667 bits per heavy atom. The summed E-state index contributed by atoms with van der Waals surface area (Å²) >= 11 is 0. The molecule has 0 radical (unpaired) electrons. The average Bonchev–Trinajstić information content (AvgIpc) is 3.28. The summed E-state index contributed by atoms with van der Waals surface area (Å²) < 4.78 is 5.62. The minimum absolute atomic E-state index is 0.127. The van der Waals surface area contributed by atoms with Crippen molar-refractivity contribution in [3.05, 3.63) is 71.3 Å². The molecule has 36 heavy (non-hydrogen) atoms. The number of carbonyl (C=O) groups is 2. The predicted molar refractivity (Wildman–Crippen MR) is 129 cm³/mol. The molecule has 1 aliphatic carbocycles. The minimum atomic E-state index is -1.48. The van der Waals surface area contributed by atoms with Crippen molar-refractivity contribution in [1.82, 2.24) is 0 Å². The first-order valence-corrected chi connectivity index (χ1v) is 11.1. The lowest BCUT2D eigenvalue weighted by Crippen LogP contribution is -2.33. The molecule has 5 N–H and O–H groups in total. The smallest absolute Gasteiger partial charge is 0.327 e. The molecular formula is C28H16O8. The van der Waals surface area contributed by atoms with Crippen LogP contribution in [0.4, 0.5) is 0 Å². The first-order valence-electron chi connectivity index (χ1n) is 11.1. The Labute approximate surface area is 201 Å². The Kier molecular flexibility index (Phi) is 3.61. The summed E-state index contributed by atoms with van der Waals surface area (Å²) in [6.07, 6.45) is -0.215. The SMILES string of the molecule is O=C1CC2(C(=O)Oc3cc(O)c4c(ccc5cc(O)c(O)cc54)c32)c2ccc3cc(O)c(O)cc3c21. The Morgan fingerprint density at radius 3 is 2.00 bits per heavy atom. The third-order valence-corrected chi connectivity index (χ3v) is 7.41. The monoisotopic (exact) mass is 480 g/mol. The summed E-state index contributed by atoms with van der Waals surface area (Å²) in [7, 11) is 0. The molecule has 2 aliphatic rings. The van der Waals surface area contributed by atoms with Gasteiger partial charge in [0.1, 0.15) is 16.9 Å². The lowest BCUT2D eigenvalue weighted by Gasteiger charge is -2.23. The van der Waals surface area contributed by atoms with Crippen molar-refractivity contribution in [1.29, 1.82) is 0 Å². The maximum absolute atomic E-state index is 13.5. The lowest BCUT2D eigenvalue weighted by molar-refractivity contribution is -0.136. The summed E-state index contributed by atoms with van der Waals surface area (Å²) in [4.78, 5) is 26.9. The molecule has 5 aromatic rings. The lowest BCUT2D eigenvalue weighted by atomic mass is 9.74. The Bertz CT molecular complexity index is 1890. The molecule has 0 fully saturated rings. The van der Waals surface area contributed by atoms with Crippen molar-refractivity contribution in [2.75, 3.05) is 0 Å². The Balaban J connectivity index is 1.61. The van der Waals surface area contributed by atoms with Crippen LogP contribution in [-0.2, 0) is 10.2 Å². The van der Waals surface area contributed by atoms with Crippen LogP contribution in [0, 0.1) is 0 Å². The fraction of sp³-hybridized carbons (Fsp3) is 0.0714. The Hall–Kier alpha value is -4.98. The number of phenols is 5. The number of phenolic OH excluding ortho intramolecular Hbond substituents is 5. The molecule has 1 spiro atoms. The topological polar surface area (TPSA) is 145 Å². The highest BCUT2D eigenvalue weighted by Gasteiger charge is 2.58. The van der Waals surface area contributed by atoms with E-state index in [1.54, 1.807) is 24.3 Å². The first-order chi connectivity index (χ1) is 17.2. The van der Waals surface area contributed by atoms with E-state index >= 15 is 0 Å². The second kappa shape index (κ2) is 6.37. The number of hydrogen-bond acceptors (Lipinski definition) is 8. The quantitative estimate of drug-likeness (QED) is 0.0945. The van der Waals surface area contributed by atoms with Crippen LogP contribution >= 0.6 is 0 Å². The number of Topliss-reactive ketones (excluding diaryl/α,β-unsaturated/α-hetero) is 1. The van der Waals surface area contributed by atoms with Gasteiger partial charge < -0.3 is 30.3 Å². The largest absolute Gasteiger partial charge is 0.507 e. The van der Waals surface area contributed by atoms with Gasteiger partial charge in [-0.3, -0.25) is 9.59 Å². The van der Waals surface area contributed by atoms with Gasteiger partial charge in [0.05, 0.1) is 0 Å². The summed E-state index contributed by atoms with van der Waals surface area (Å²) in [6, 6.07) is 13.4. The third-order valence-electron chi connectivity index (χ3n) is 7.41. The number of aromatic hydroxyl groups is 5. The molecule has 176 valence electrons. The van der Waals surface area contributed by atoms with E-state index in [1.807, 2.05) is 0 Å². The highest BCUT2D eigenvalue weighted by atomic mass is 16.5. The number of ether oxygens (including phenoxy) is 1. The van der Waals surface area contributed by atoms with Crippen molar-refractivity contribution < 1.29 is 39.9 Å². The van der Waals surface area contributed by atoms with Crippen LogP contribution in [0.1, 0.15) is 27.9 Å². The van der Waals surface area contributed by atoms with Crippen LogP contribution in [0.25, 0.3) is 32.3 Å². The fourth-order valence-electron chi connectivity index (χ4n) is 5.88. The molecular weight excluding hydrogens is 464 g/mol. The minimum Gasteiger partial charge on any atom is -0.507 e. The van der Waals surface area contributed by atoms with Gasteiger partial charge in [0.2, 0.25) is 0 Å². The molecule has 5 aromatic carbocycles. The maximum atomic E-state index is 13.5. The third kappa shape index (κ3) is 2.28. The van der Waals surface area contributed by atoms with Crippen LogP contribution in [0.2, 0.25) is 0 Å². The molecule has 1 unspecified atom stereocenters. The summed E-state index contributed by atoms with van der Waals surface area (Å²) in [6.45, 7) is 0. The number of benzene rings is 5. The van der Waals surface area contributed by atoms with Crippen LogP contribution in [0.15, 0.2) is 54.6 Å². The van der Waals surface area contributed by atoms with Crippen LogP contribution in [0.3, 0.4) is 0 Å². The molecule has 7 rings (SSSR count). The van der Waals surface area contributed by atoms with Crippen LogP contribution in [0.5, 0.6) is 34.5 Å². The Morgan fingerprint density at radius 2 is 1.28 bits per heavy atom. The molecule has 0 amide bonds. The summed E-state index contributed by atoms with van der Waals surface area (Å²) in [5.74, 6) is -2.43. The van der Waals surface area contributed by atoms with Gasteiger partial charge in [0.25, 0.3) is 0 Å². The van der Waals surface area contributed by atoms with E-state index in [2.05, 4.69) is 0 Å². The predicted octanol–water partition coefficient (Wildman–Crippen LogP) is 4.47. The molecule has 0 bridgehead atoms. The van der Waals surface area contributed by atoms with E-state index in [9.17, 15) is 35.1 Å². The van der Waals surface area contributed by atoms with Crippen molar-refractivity contribution in [2.24, 2.45) is 0 Å². The van der Waals surface area contributed by atoms with Gasteiger partial charge in [-0.05, 0) is 56.8 Å². The molecule has 1 aliphatic heterocycles. The molecule has 0 saturated heterocycles.